The molecule has 9 nitrogen and oxygen atoms in total. The Kier molecular flexibility index (Phi) is 4.70. The number of carbonyl (C=O) groups excluding carboxylic acids is 1. The van der Waals surface area contributed by atoms with E-state index in [-0.39, 0.29) is 12.1 Å². The molecule has 5 rings (SSSR count). The summed E-state index contributed by atoms with van der Waals surface area (Å²) in [6.07, 6.45) is 7.07. The molecule has 31 heavy (non-hydrogen) atoms. The summed E-state index contributed by atoms with van der Waals surface area (Å²) >= 11 is 0. The first-order valence-corrected chi connectivity index (χ1v) is 10.2. The van der Waals surface area contributed by atoms with E-state index in [0.717, 1.165) is 11.4 Å². The number of anilines is 2. The van der Waals surface area contributed by atoms with Crippen LogP contribution in [0.2, 0.25) is 0 Å². The van der Waals surface area contributed by atoms with E-state index in [1.165, 1.54) is 0 Å². The van der Waals surface area contributed by atoms with Gasteiger partial charge in [0.05, 0.1) is 6.33 Å². The van der Waals surface area contributed by atoms with Crippen molar-refractivity contribution in [1.82, 2.24) is 29.3 Å². The van der Waals surface area contributed by atoms with Crippen molar-refractivity contribution in [3.8, 4) is 17.2 Å². The average Bonchev–Trinajstić information content (AvgIpc) is 3.55. The monoisotopic (exact) mass is 414 g/mol. The van der Waals surface area contributed by atoms with Gasteiger partial charge < -0.3 is 9.13 Å². The van der Waals surface area contributed by atoms with Gasteiger partial charge in [-0.3, -0.25) is 9.80 Å². The normalized spacial score (nSPS) is 14.1. The van der Waals surface area contributed by atoms with Crippen molar-refractivity contribution in [2.45, 2.75) is 19.9 Å². The minimum absolute atomic E-state index is 0.0923. The molecule has 4 heterocycles. The average molecular weight is 414 g/mol. The molecule has 0 unspecified atom stereocenters. The SMILES string of the molecule is CC(C)n1cnnc1-c1cccc(N2CCN(c3ccc(-n4ccnc4)cc3)C2=O)n1. The number of carbonyl (C=O) groups is 1. The third-order valence-electron chi connectivity index (χ3n) is 5.34. The van der Waals surface area contributed by atoms with Crippen LogP contribution >= 0.6 is 0 Å². The highest BCUT2D eigenvalue weighted by atomic mass is 16.2. The number of imidazole rings is 1. The van der Waals surface area contributed by atoms with Crippen LogP contribution in [0.15, 0.2) is 67.5 Å². The molecule has 2 amide bonds. The summed E-state index contributed by atoms with van der Waals surface area (Å²) in [5.41, 5.74) is 2.54. The molecule has 3 aromatic heterocycles. The van der Waals surface area contributed by atoms with Crippen molar-refractivity contribution < 1.29 is 4.79 Å². The van der Waals surface area contributed by atoms with E-state index >= 15 is 0 Å². The van der Waals surface area contributed by atoms with Gasteiger partial charge in [-0.2, -0.15) is 0 Å². The van der Waals surface area contributed by atoms with Gasteiger partial charge in [0.15, 0.2) is 5.82 Å². The number of benzene rings is 1. The summed E-state index contributed by atoms with van der Waals surface area (Å²) in [6.45, 7) is 5.29. The smallest absolute Gasteiger partial charge is 0.310 e. The Morgan fingerprint density at radius 1 is 0.935 bits per heavy atom. The van der Waals surface area contributed by atoms with Crippen LogP contribution in [0.25, 0.3) is 17.2 Å². The molecular formula is C22H22N8O. The first-order chi connectivity index (χ1) is 15.1. The van der Waals surface area contributed by atoms with Gasteiger partial charge in [-0.05, 0) is 50.2 Å². The van der Waals surface area contributed by atoms with Gasteiger partial charge in [0, 0.05) is 42.9 Å². The molecule has 0 spiro atoms. The predicted molar refractivity (Wildman–Crippen MR) is 117 cm³/mol. The molecule has 0 aliphatic carbocycles. The number of aromatic nitrogens is 6. The van der Waals surface area contributed by atoms with E-state index in [2.05, 4.69) is 29.0 Å². The fraction of sp³-hybridized carbons (Fsp3) is 0.227. The zero-order valence-corrected chi connectivity index (χ0v) is 17.3. The fourth-order valence-electron chi connectivity index (χ4n) is 3.71. The van der Waals surface area contributed by atoms with Crippen LogP contribution in [0.5, 0.6) is 0 Å². The second-order valence-electron chi connectivity index (χ2n) is 7.61. The van der Waals surface area contributed by atoms with Crippen LogP contribution in [0.1, 0.15) is 19.9 Å². The lowest BCUT2D eigenvalue weighted by Crippen LogP contribution is -2.32. The van der Waals surface area contributed by atoms with Crippen molar-refractivity contribution in [1.29, 1.82) is 0 Å². The number of rotatable bonds is 5. The molecule has 0 N–H and O–H groups in total. The van der Waals surface area contributed by atoms with Crippen molar-refractivity contribution >= 4 is 17.5 Å². The number of hydrogen-bond donors (Lipinski definition) is 0. The largest absolute Gasteiger partial charge is 0.330 e. The van der Waals surface area contributed by atoms with Gasteiger partial charge in [0.1, 0.15) is 17.8 Å². The number of hydrogen-bond acceptors (Lipinski definition) is 5. The molecule has 156 valence electrons. The van der Waals surface area contributed by atoms with E-state index in [4.69, 9.17) is 4.98 Å². The Labute approximate surface area is 179 Å². The molecule has 0 saturated carbocycles. The molecular weight excluding hydrogens is 392 g/mol. The maximum Gasteiger partial charge on any atom is 0.330 e. The second kappa shape index (κ2) is 7.67. The summed E-state index contributed by atoms with van der Waals surface area (Å²) in [6, 6.07) is 13.6. The first kappa shape index (κ1) is 19.0. The van der Waals surface area contributed by atoms with Gasteiger partial charge in [0.25, 0.3) is 0 Å². The fourth-order valence-corrected chi connectivity index (χ4v) is 3.71. The second-order valence-corrected chi connectivity index (χ2v) is 7.61. The Morgan fingerprint density at radius 2 is 1.71 bits per heavy atom. The quantitative estimate of drug-likeness (QED) is 0.499. The molecule has 1 fully saturated rings. The minimum atomic E-state index is -0.0923. The minimum Gasteiger partial charge on any atom is -0.310 e. The maximum absolute atomic E-state index is 13.2. The summed E-state index contributed by atoms with van der Waals surface area (Å²) in [5, 5.41) is 8.23. The Bertz CT molecular complexity index is 1200. The Hall–Kier alpha value is -4.01. The predicted octanol–water partition coefficient (Wildman–Crippen LogP) is 3.55. The number of urea groups is 1. The molecule has 0 bridgehead atoms. The van der Waals surface area contributed by atoms with E-state index < -0.39 is 0 Å². The topological polar surface area (TPSA) is 85.0 Å². The Morgan fingerprint density at radius 3 is 2.45 bits per heavy atom. The summed E-state index contributed by atoms with van der Waals surface area (Å²) in [5.74, 6) is 1.30. The lowest BCUT2D eigenvalue weighted by atomic mass is 10.2. The summed E-state index contributed by atoms with van der Waals surface area (Å²) in [4.78, 5) is 25.4. The third kappa shape index (κ3) is 3.43. The number of pyridine rings is 1. The highest BCUT2D eigenvalue weighted by Crippen LogP contribution is 2.27. The number of nitrogens with zero attached hydrogens (tertiary/aromatic N) is 8. The van der Waals surface area contributed by atoms with Gasteiger partial charge in [-0.15, -0.1) is 10.2 Å². The van der Waals surface area contributed by atoms with Crippen molar-refractivity contribution in [3.63, 3.8) is 0 Å². The molecule has 0 atom stereocenters. The zero-order chi connectivity index (χ0) is 21.4. The third-order valence-corrected chi connectivity index (χ3v) is 5.34. The molecule has 1 aromatic carbocycles. The van der Waals surface area contributed by atoms with Gasteiger partial charge in [-0.1, -0.05) is 6.07 Å². The molecule has 1 saturated heterocycles. The summed E-state index contributed by atoms with van der Waals surface area (Å²) in [7, 11) is 0. The maximum atomic E-state index is 13.2. The van der Waals surface area contributed by atoms with Crippen LogP contribution in [0.3, 0.4) is 0 Å². The zero-order valence-electron chi connectivity index (χ0n) is 17.3. The Balaban J connectivity index is 1.38. The first-order valence-electron chi connectivity index (χ1n) is 10.2. The lowest BCUT2D eigenvalue weighted by Gasteiger charge is -2.19. The highest BCUT2D eigenvalue weighted by Gasteiger charge is 2.31. The van der Waals surface area contributed by atoms with E-state index in [9.17, 15) is 4.79 Å². The van der Waals surface area contributed by atoms with Gasteiger partial charge in [0.2, 0.25) is 0 Å². The number of amides is 2. The molecule has 0 radical (unpaired) electrons. The highest BCUT2D eigenvalue weighted by molar-refractivity contribution is 6.05. The van der Waals surface area contributed by atoms with Crippen LogP contribution in [-0.4, -0.2) is 48.4 Å². The van der Waals surface area contributed by atoms with Crippen LogP contribution < -0.4 is 9.80 Å². The molecule has 9 heteroatoms. The van der Waals surface area contributed by atoms with Gasteiger partial charge in [-0.25, -0.2) is 14.8 Å². The molecule has 1 aliphatic heterocycles. The van der Waals surface area contributed by atoms with Crippen LogP contribution in [0.4, 0.5) is 16.3 Å². The standard InChI is InChI=1S/C22H22N8O/c1-16(2)30-15-24-26-21(30)19-4-3-5-20(25-19)29-13-12-28(22(29)31)18-8-6-17(7-9-18)27-11-10-23-14-27/h3-11,14-16H,12-13H2,1-2H3. The van der Waals surface area contributed by atoms with E-state index in [1.54, 1.807) is 28.7 Å². The lowest BCUT2D eigenvalue weighted by molar-refractivity contribution is 0.255. The van der Waals surface area contributed by atoms with Crippen molar-refractivity contribution in [2.75, 3.05) is 22.9 Å². The molecule has 1 aliphatic rings. The van der Waals surface area contributed by atoms with Crippen LogP contribution in [0, 0.1) is 0 Å². The summed E-state index contributed by atoms with van der Waals surface area (Å²) < 4.78 is 3.89. The van der Waals surface area contributed by atoms with Crippen molar-refractivity contribution in [3.05, 3.63) is 67.5 Å². The van der Waals surface area contributed by atoms with Crippen LogP contribution in [-0.2, 0) is 0 Å². The molecule has 4 aromatic rings. The van der Waals surface area contributed by atoms with E-state index in [1.807, 2.05) is 57.8 Å². The van der Waals surface area contributed by atoms with Gasteiger partial charge >= 0.3 is 6.03 Å². The van der Waals surface area contributed by atoms with E-state index in [0.29, 0.717) is 30.4 Å². The van der Waals surface area contributed by atoms with Crippen molar-refractivity contribution in [2.24, 2.45) is 0 Å².